The second-order valence-corrected chi connectivity index (χ2v) is 6.30. The van der Waals surface area contributed by atoms with Gasteiger partial charge in [-0.05, 0) is 23.8 Å². The Bertz CT molecular complexity index is 465. The minimum atomic E-state index is -0.845. The molecule has 0 amide bonds. The number of hydrogen-bond acceptors (Lipinski definition) is 4. The zero-order valence-electron chi connectivity index (χ0n) is 13.9. The highest BCUT2D eigenvalue weighted by Crippen LogP contribution is 2.17. The summed E-state index contributed by atoms with van der Waals surface area (Å²) < 4.78 is 10.5. The minimum Gasteiger partial charge on any atom is -0.465 e. The van der Waals surface area contributed by atoms with E-state index in [1.807, 2.05) is 58.0 Å². The molecule has 122 valence electrons. The Hall–Kier alpha value is -1.84. The lowest BCUT2D eigenvalue weighted by molar-refractivity contribution is -0.164. The number of carbonyl (C=O) groups is 2. The molecule has 1 rings (SSSR count). The van der Waals surface area contributed by atoms with Gasteiger partial charge in [0.15, 0.2) is 5.92 Å². The lowest BCUT2D eigenvalue weighted by Crippen LogP contribution is -2.30. The first kappa shape index (κ1) is 18.2. The molecule has 0 bridgehead atoms. The van der Waals surface area contributed by atoms with E-state index in [4.69, 9.17) is 9.47 Å². The fourth-order valence-corrected chi connectivity index (χ4v) is 1.94. The first-order valence-electron chi connectivity index (χ1n) is 7.77. The molecule has 1 aromatic rings. The summed E-state index contributed by atoms with van der Waals surface area (Å²) in [6.45, 7) is 8.34. The van der Waals surface area contributed by atoms with Crippen LogP contribution in [0, 0.1) is 17.8 Å². The minimum absolute atomic E-state index is 0.172. The summed E-state index contributed by atoms with van der Waals surface area (Å²) in [5, 5.41) is 0. The quantitative estimate of drug-likeness (QED) is 0.544. The van der Waals surface area contributed by atoms with Crippen LogP contribution in [0.5, 0.6) is 0 Å². The van der Waals surface area contributed by atoms with E-state index in [1.54, 1.807) is 0 Å². The van der Waals surface area contributed by atoms with Crippen molar-refractivity contribution in [3.63, 3.8) is 0 Å². The largest absolute Gasteiger partial charge is 0.465 e. The molecule has 0 aliphatic rings. The fourth-order valence-electron chi connectivity index (χ4n) is 1.94. The van der Waals surface area contributed by atoms with Crippen molar-refractivity contribution in [1.29, 1.82) is 0 Å². The van der Waals surface area contributed by atoms with E-state index < -0.39 is 17.9 Å². The van der Waals surface area contributed by atoms with Gasteiger partial charge in [0.2, 0.25) is 0 Å². The highest BCUT2D eigenvalue weighted by atomic mass is 16.6. The standard InChI is InChI=1S/C18H26O4/c1-13(2)10-16(17(19)21-11-14(3)4)18(20)22-12-15-8-6-5-7-9-15/h5-9,13-14,16H,10-12H2,1-4H3. The van der Waals surface area contributed by atoms with Gasteiger partial charge in [-0.3, -0.25) is 9.59 Å². The average Bonchev–Trinajstić information content (AvgIpc) is 2.48. The molecule has 4 nitrogen and oxygen atoms in total. The summed E-state index contributed by atoms with van der Waals surface area (Å²) in [6, 6.07) is 9.41. The number of ether oxygens (including phenoxy) is 2. The molecule has 0 aliphatic heterocycles. The maximum atomic E-state index is 12.2. The highest BCUT2D eigenvalue weighted by Gasteiger charge is 2.30. The molecule has 22 heavy (non-hydrogen) atoms. The first-order valence-corrected chi connectivity index (χ1v) is 7.77. The molecule has 0 saturated heterocycles. The predicted octanol–water partition coefficient (Wildman–Crippen LogP) is 3.59. The molecule has 0 spiro atoms. The molecular weight excluding hydrogens is 280 g/mol. The summed E-state index contributed by atoms with van der Waals surface area (Å²) in [5.41, 5.74) is 0.898. The van der Waals surface area contributed by atoms with Gasteiger partial charge in [0, 0.05) is 0 Å². The van der Waals surface area contributed by atoms with E-state index in [1.165, 1.54) is 0 Å². The Morgan fingerprint density at radius 1 is 0.909 bits per heavy atom. The van der Waals surface area contributed by atoms with Crippen molar-refractivity contribution in [3.05, 3.63) is 35.9 Å². The molecule has 0 radical (unpaired) electrons. The SMILES string of the molecule is CC(C)COC(=O)C(CC(C)C)C(=O)OCc1ccccc1. The van der Waals surface area contributed by atoms with Crippen LogP contribution in [0.4, 0.5) is 0 Å². The van der Waals surface area contributed by atoms with Crippen molar-refractivity contribution in [2.24, 2.45) is 17.8 Å². The summed E-state index contributed by atoms with van der Waals surface area (Å²) in [6.07, 6.45) is 0.435. The van der Waals surface area contributed by atoms with Crippen molar-refractivity contribution in [2.75, 3.05) is 6.61 Å². The van der Waals surface area contributed by atoms with Crippen LogP contribution in [-0.4, -0.2) is 18.5 Å². The van der Waals surface area contributed by atoms with Crippen LogP contribution < -0.4 is 0 Å². The van der Waals surface area contributed by atoms with Crippen molar-refractivity contribution >= 4 is 11.9 Å². The molecule has 1 aromatic carbocycles. The summed E-state index contributed by atoms with van der Waals surface area (Å²) in [4.78, 5) is 24.3. The monoisotopic (exact) mass is 306 g/mol. The van der Waals surface area contributed by atoms with Crippen molar-refractivity contribution in [3.8, 4) is 0 Å². The van der Waals surface area contributed by atoms with Crippen molar-refractivity contribution in [1.82, 2.24) is 0 Å². The smallest absolute Gasteiger partial charge is 0.320 e. The van der Waals surface area contributed by atoms with Crippen molar-refractivity contribution < 1.29 is 19.1 Å². The second-order valence-electron chi connectivity index (χ2n) is 6.30. The van der Waals surface area contributed by atoms with E-state index in [0.717, 1.165) is 5.56 Å². The van der Waals surface area contributed by atoms with Crippen LogP contribution in [0.2, 0.25) is 0 Å². The lowest BCUT2D eigenvalue weighted by Gasteiger charge is -2.17. The maximum absolute atomic E-state index is 12.2. The van der Waals surface area contributed by atoms with Gasteiger partial charge in [-0.2, -0.15) is 0 Å². The summed E-state index contributed by atoms with van der Waals surface area (Å²) >= 11 is 0. The third kappa shape index (κ3) is 6.74. The maximum Gasteiger partial charge on any atom is 0.320 e. The Kier molecular flexibility index (Phi) is 7.64. The third-order valence-electron chi connectivity index (χ3n) is 3.06. The summed E-state index contributed by atoms with van der Waals surface area (Å²) in [7, 11) is 0. The Morgan fingerprint density at radius 3 is 2.05 bits per heavy atom. The molecule has 0 fully saturated rings. The lowest BCUT2D eigenvalue weighted by atomic mass is 9.97. The van der Waals surface area contributed by atoms with Gasteiger partial charge in [-0.1, -0.05) is 58.0 Å². The predicted molar refractivity (Wildman–Crippen MR) is 85.0 cm³/mol. The Balaban J connectivity index is 2.61. The zero-order chi connectivity index (χ0) is 16.5. The number of hydrogen-bond donors (Lipinski definition) is 0. The van der Waals surface area contributed by atoms with Crippen LogP contribution in [0.1, 0.15) is 39.7 Å². The van der Waals surface area contributed by atoms with Gasteiger partial charge in [0.05, 0.1) is 6.61 Å². The Labute approximate surface area is 132 Å². The molecule has 0 aromatic heterocycles. The Morgan fingerprint density at radius 2 is 1.50 bits per heavy atom. The topological polar surface area (TPSA) is 52.6 Å². The van der Waals surface area contributed by atoms with E-state index >= 15 is 0 Å². The van der Waals surface area contributed by atoms with Crippen LogP contribution in [0.3, 0.4) is 0 Å². The van der Waals surface area contributed by atoms with E-state index in [9.17, 15) is 9.59 Å². The second kappa shape index (κ2) is 9.23. The normalized spacial score (nSPS) is 12.3. The molecule has 1 atom stereocenters. The van der Waals surface area contributed by atoms with Gasteiger partial charge < -0.3 is 9.47 Å². The van der Waals surface area contributed by atoms with Gasteiger partial charge in [0.25, 0.3) is 0 Å². The summed E-state index contributed by atoms with van der Waals surface area (Å²) in [5.74, 6) is -1.39. The van der Waals surface area contributed by atoms with Crippen molar-refractivity contribution in [2.45, 2.75) is 40.7 Å². The molecule has 0 aliphatic carbocycles. The number of rotatable bonds is 8. The van der Waals surface area contributed by atoms with E-state index in [0.29, 0.717) is 13.0 Å². The van der Waals surface area contributed by atoms with Crippen LogP contribution in [0.15, 0.2) is 30.3 Å². The zero-order valence-corrected chi connectivity index (χ0v) is 13.9. The molecule has 1 unspecified atom stereocenters. The average molecular weight is 306 g/mol. The van der Waals surface area contributed by atoms with Gasteiger partial charge in [0.1, 0.15) is 6.61 Å². The van der Waals surface area contributed by atoms with Gasteiger partial charge in [-0.25, -0.2) is 0 Å². The van der Waals surface area contributed by atoms with Gasteiger partial charge in [-0.15, -0.1) is 0 Å². The molecule has 0 N–H and O–H groups in total. The fraction of sp³-hybridized carbons (Fsp3) is 0.556. The van der Waals surface area contributed by atoms with Gasteiger partial charge >= 0.3 is 11.9 Å². The highest BCUT2D eigenvalue weighted by molar-refractivity contribution is 5.94. The molecule has 4 heteroatoms. The van der Waals surface area contributed by atoms with Crippen LogP contribution in [-0.2, 0) is 25.7 Å². The first-order chi connectivity index (χ1) is 10.4. The molecule has 0 heterocycles. The van der Waals surface area contributed by atoms with Crippen LogP contribution in [0.25, 0.3) is 0 Å². The number of benzene rings is 1. The third-order valence-corrected chi connectivity index (χ3v) is 3.06. The van der Waals surface area contributed by atoms with Crippen LogP contribution >= 0.6 is 0 Å². The molecular formula is C18H26O4. The van der Waals surface area contributed by atoms with E-state index in [-0.39, 0.29) is 18.4 Å². The molecule has 0 saturated carbocycles. The number of esters is 2. The number of carbonyl (C=O) groups excluding carboxylic acids is 2. The van der Waals surface area contributed by atoms with E-state index in [2.05, 4.69) is 0 Å².